The fourth-order valence-electron chi connectivity index (χ4n) is 13.2. The van der Waals surface area contributed by atoms with Crippen molar-refractivity contribution < 1.29 is 113 Å². The van der Waals surface area contributed by atoms with Gasteiger partial charge < -0.3 is 118 Å². The number of rotatable bonds is 14. The van der Waals surface area contributed by atoms with Crippen LogP contribution in [0, 0.1) is 11.8 Å². The number of fused-ring (bicyclic) bond motifs is 15. The molecule has 35 heteroatoms. The van der Waals surface area contributed by atoms with Gasteiger partial charge in [0.1, 0.15) is 83.4 Å². The number of nitrogens with one attached hydrogen (secondary N) is 6. The Morgan fingerprint density at radius 2 is 1.31 bits per heavy atom. The number of aliphatic carboxylic acids is 1. The van der Waals surface area contributed by atoms with Crippen molar-refractivity contribution in [3.05, 3.63) is 145 Å². The van der Waals surface area contributed by atoms with E-state index in [0.717, 1.165) is 59.1 Å². The lowest BCUT2D eigenvalue weighted by Crippen LogP contribution is -2.64. The molecule has 0 radical (unpaired) electrons. The number of thioether (sulfide) groups is 1. The van der Waals surface area contributed by atoms with Gasteiger partial charge in [0, 0.05) is 55.8 Å². The molecule has 0 spiro atoms. The van der Waals surface area contributed by atoms with E-state index in [1.807, 2.05) is 13.8 Å². The first-order valence-electron chi connectivity index (χ1n) is 33.6. The number of phenolic OH excluding ortho intramolecular Hbond substituents is 3. The number of primary amides is 1. The minimum absolute atomic E-state index is 0.0381. The lowest BCUT2D eigenvalue weighted by Gasteiger charge is -2.47. The number of hydrogen-bond donors (Lipinski definition) is 17. The van der Waals surface area contributed by atoms with E-state index in [1.165, 1.54) is 43.0 Å². The molecule has 19 N–H and O–H groups in total. The average Bonchev–Trinajstić information content (AvgIpc) is 0.768. The van der Waals surface area contributed by atoms with E-state index < -0.39 is 225 Å². The first-order valence-corrected chi connectivity index (χ1v) is 36.1. The van der Waals surface area contributed by atoms with E-state index in [-0.39, 0.29) is 51.3 Å². The van der Waals surface area contributed by atoms with Gasteiger partial charge in [-0.15, -0.1) is 11.8 Å². The number of carbonyl (C=O) groups is 8. The Kier molecular flexibility index (Phi) is 23.9. The summed E-state index contributed by atoms with van der Waals surface area (Å²) in [5.41, 5.74) is 8.29. The monoisotopic (exact) mass is 1600 g/mol. The number of amides is 7. The van der Waals surface area contributed by atoms with Crippen LogP contribution in [0.2, 0.25) is 10.0 Å². The quantitative estimate of drug-likeness (QED) is 0.0656. The number of hydrogen-bond acceptors (Lipinski definition) is 24. The summed E-state index contributed by atoms with van der Waals surface area (Å²) in [4.78, 5) is 118. The van der Waals surface area contributed by atoms with E-state index >= 15 is 14.4 Å². The van der Waals surface area contributed by atoms with Gasteiger partial charge in [0.25, 0.3) is 0 Å². The van der Waals surface area contributed by atoms with Gasteiger partial charge in [-0.05, 0) is 127 Å². The maximum Gasteiger partial charge on any atom is 0.330 e. The average molecular weight is 1610 g/mol. The number of benzene rings is 6. The molecule has 2 fully saturated rings. The highest BCUT2D eigenvalue weighted by molar-refractivity contribution is 9.10. The van der Waals surface area contributed by atoms with Crippen molar-refractivity contribution in [2.45, 2.75) is 162 Å². The van der Waals surface area contributed by atoms with Gasteiger partial charge in [-0.3, -0.25) is 33.6 Å². The summed E-state index contributed by atoms with van der Waals surface area (Å²) >= 11 is 18.9. The molecule has 107 heavy (non-hydrogen) atoms. The molecular formula is C72H77BrCl2N8O23S. The normalized spacial score (nSPS) is 28.4. The van der Waals surface area contributed by atoms with Crippen LogP contribution < -0.4 is 57.6 Å². The Bertz CT molecular complexity index is 4470. The summed E-state index contributed by atoms with van der Waals surface area (Å²) in [6, 6.07) is 7.92. The van der Waals surface area contributed by atoms with Crippen LogP contribution >= 0.6 is 50.9 Å². The molecule has 7 aliphatic rings. The van der Waals surface area contributed by atoms with Gasteiger partial charge in [-0.2, -0.15) is 0 Å². The lowest BCUT2D eigenvalue weighted by molar-refractivity contribution is -0.329. The molecule has 2 saturated heterocycles. The minimum Gasteiger partial charge on any atom is -0.508 e. The topological polar surface area (TPSA) is 498 Å². The predicted molar refractivity (Wildman–Crippen MR) is 383 cm³/mol. The Morgan fingerprint density at radius 3 is 1.92 bits per heavy atom. The fraction of sp³-hybridized carbons (Fsp3) is 0.389. The van der Waals surface area contributed by atoms with Crippen LogP contribution in [-0.2, 0) is 52.6 Å². The maximum absolute atomic E-state index is 16.2. The molecule has 31 nitrogen and oxygen atoms in total. The van der Waals surface area contributed by atoms with Crippen LogP contribution in [0.3, 0.4) is 0 Å². The summed E-state index contributed by atoms with van der Waals surface area (Å²) in [7, 11) is 0. The molecule has 570 valence electrons. The van der Waals surface area contributed by atoms with Crippen molar-refractivity contribution in [2.24, 2.45) is 23.3 Å². The number of carboxylic acids is 1. The van der Waals surface area contributed by atoms with Crippen LogP contribution in [-0.4, -0.2) is 172 Å². The molecule has 7 aliphatic heterocycles. The fourth-order valence-corrected chi connectivity index (χ4v) is 14.9. The SMILES string of the molecule is CC(C)C[C@H](C)C(=O)N[C@H]1C(=O)N[C@@H](CC(N)=O)C(=O)N[C@H]2C(=O)NC3C(=O)N[C@H](C(=O)N[C@@H](C(=O)O)c4cc(O)cc(O)c4-c4cc3ccc4O)[C@H](O)c3ccc(c(Cl)c3)Oc3cc2cc(c3OC2OC(CSc3ccc(Br)cc3)C(O)C(O)C2OC2CC(C)(N)C(O)C(C)O2)Oc2ccc(cc2Cl)[C@H]1O. The van der Waals surface area contributed by atoms with Crippen LogP contribution in [0.5, 0.6) is 46.0 Å². The van der Waals surface area contributed by atoms with Crippen molar-refractivity contribution in [1.82, 2.24) is 31.9 Å². The van der Waals surface area contributed by atoms with Gasteiger partial charge >= 0.3 is 5.97 Å². The molecule has 0 saturated carbocycles. The van der Waals surface area contributed by atoms with E-state index in [4.69, 9.17) is 63.1 Å². The highest BCUT2D eigenvalue weighted by Gasteiger charge is 2.52. The van der Waals surface area contributed by atoms with Gasteiger partial charge in [0.05, 0.1) is 34.8 Å². The number of nitrogens with two attached hydrogens (primary N) is 2. The smallest absolute Gasteiger partial charge is 0.330 e. The maximum atomic E-state index is 16.2. The van der Waals surface area contributed by atoms with Gasteiger partial charge in [-0.1, -0.05) is 78.1 Å². The van der Waals surface area contributed by atoms with Crippen molar-refractivity contribution in [3.63, 3.8) is 0 Å². The Hall–Kier alpha value is -9.07. The molecular weight excluding hydrogens is 1530 g/mol. The van der Waals surface area contributed by atoms with E-state index in [2.05, 4.69) is 47.8 Å². The zero-order chi connectivity index (χ0) is 77.5. The van der Waals surface area contributed by atoms with Crippen molar-refractivity contribution >= 4 is 98.2 Å². The number of carboxylic acid groups (broad SMARTS) is 1. The van der Waals surface area contributed by atoms with Crippen LogP contribution in [0.4, 0.5) is 0 Å². The first kappa shape index (κ1) is 79.0. The molecule has 10 unspecified atom stereocenters. The van der Waals surface area contributed by atoms with Crippen molar-refractivity contribution in [3.8, 4) is 57.1 Å². The number of aliphatic hydroxyl groups is 5. The van der Waals surface area contributed by atoms with Gasteiger partial charge in [0.2, 0.25) is 53.4 Å². The van der Waals surface area contributed by atoms with Crippen molar-refractivity contribution in [2.75, 3.05) is 5.75 Å². The second-order valence-corrected chi connectivity index (χ2v) is 30.2. The molecule has 0 aromatic heterocycles. The molecule has 6 aromatic rings. The molecule has 6 aromatic carbocycles. The standard InChI is InChI=1S/C72H77BrCl2N8O23S/c1-27(2)16-28(3)64(93)82-55-57(88)31-7-14-44(39(74)18-31)102-46-20-33-21-47(61(46)106-71-62(105-50-25-72(5,77)63(92)29(4)101-50)60(91)59(90)48(104-71)26-107-36-11-9-34(73)10-12-36)103-45-15-8-32(19-40(45)75)58(89)56-69(98)81-54(70(99)100)38-22-35(84)23-43(86)51(38)37-17-30(6-13-42(37)85)52(66(95)83-56)80-67(96)53(33)79-65(94)41(24-49(76)87)78-68(55)97/h6-15,17-23,27-29,41,48,50,52-60,62-63,71,84-86,88-92H,16,24-26,77H2,1-5H3,(H2,76,87)(H,78,97)(H,79,94)(H,80,96)(H,81,98)(H,82,93)(H,83,95)(H,99,100)/t28-,29?,41-,48?,50?,52?,53+,54+,55+,56-,57+,58+,59?,60?,62?,63?,71?,72?/m0/s1. The zero-order valence-corrected chi connectivity index (χ0v) is 61.4. The molecule has 7 amide bonds. The minimum atomic E-state index is -2.33. The number of aromatic hydroxyl groups is 3. The summed E-state index contributed by atoms with van der Waals surface area (Å²) in [6.45, 7) is 8.33. The molecule has 0 aliphatic carbocycles. The van der Waals surface area contributed by atoms with Gasteiger partial charge in [-0.25, -0.2) is 4.79 Å². The number of ether oxygens (including phenoxy) is 6. The third kappa shape index (κ3) is 17.4. The third-order valence-electron chi connectivity index (χ3n) is 18.7. The Balaban J connectivity index is 1.16. The van der Waals surface area contributed by atoms with E-state index in [9.17, 15) is 69.9 Å². The second kappa shape index (κ2) is 32.4. The molecule has 18 atom stereocenters. The number of aliphatic hydroxyl groups excluding tert-OH is 5. The van der Waals surface area contributed by atoms with Gasteiger partial charge in [0.15, 0.2) is 29.9 Å². The zero-order valence-electron chi connectivity index (χ0n) is 57.5. The predicted octanol–water partition coefficient (Wildman–Crippen LogP) is 4.72. The van der Waals surface area contributed by atoms with Crippen LogP contribution in [0.25, 0.3) is 11.1 Å². The first-order chi connectivity index (χ1) is 50.5. The molecule has 7 heterocycles. The largest absolute Gasteiger partial charge is 0.508 e. The number of phenols is 3. The summed E-state index contributed by atoms with van der Waals surface area (Å²) < 4.78 is 40.4. The van der Waals surface area contributed by atoms with E-state index in [0.29, 0.717) is 11.3 Å². The van der Waals surface area contributed by atoms with Crippen LogP contribution in [0.1, 0.15) is 112 Å². The summed E-state index contributed by atoms with van der Waals surface area (Å²) in [5.74, 6) is -16.3. The number of halogens is 3. The summed E-state index contributed by atoms with van der Waals surface area (Å²) in [6.07, 6.45) is -17.6. The van der Waals surface area contributed by atoms with Crippen LogP contribution in [0.15, 0.2) is 112 Å². The molecule has 13 rings (SSSR count). The Morgan fingerprint density at radius 1 is 0.701 bits per heavy atom. The highest BCUT2D eigenvalue weighted by atomic mass is 79.9. The summed E-state index contributed by atoms with van der Waals surface area (Å²) in [5, 5.41) is 119. The highest BCUT2D eigenvalue weighted by Crippen LogP contribution is 2.50. The lowest BCUT2D eigenvalue weighted by atomic mass is 9.86. The van der Waals surface area contributed by atoms with E-state index in [1.54, 1.807) is 38.1 Å². The second-order valence-electron chi connectivity index (χ2n) is 27.4. The van der Waals surface area contributed by atoms with Crippen molar-refractivity contribution in [1.29, 1.82) is 0 Å². The Labute approximate surface area is 633 Å². The molecule has 11 bridgehead atoms. The number of carbonyl (C=O) groups excluding carboxylic acids is 7. The third-order valence-corrected chi connectivity index (χ3v) is 20.9.